The van der Waals surface area contributed by atoms with Crippen molar-refractivity contribution in [3.05, 3.63) is 10.8 Å². The highest BCUT2D eigenvalue weighted by atomic mass is 79.9. The molecule has 0 unspecified atom stereocenters. The van der Waals surface area contributed by atoms with Gasteiger partial charge in [-0.3, -0.25) is 4.79 Å². The summed E-state index contributed by atoms with van der Waals surface area (Å²) in [6.07, 6.45) is 2.51. The van der Waals surface area contributed by atoms with Crippen LogP contribution in [-0.2, 0) is 4.79 Å². The maximum Gasteiger partial charge on any atom is 0.239 e. The summed E-state index contributed by atoms with van der Waals surface area (Å²) in [7, 11) is 1.83. The van der Waals surface area contributed by atoms with Crippen molar-refractivity contribution in [3.8, 4) is 0 Å². The molecule has 1 amide bonds. The van der Waals surface area contributed by atoms with Gasteiger partial charge in [-0.15, -0.1) is 0 Å². The molecular weight excluding hydrogens is 322 g/mol. The van der Waals surface area contributed by atoms with E-state index >= 15 is 0 Å². The molecule has 20 heavy (non-hydrogen) atoms. The molecule has 0 saturated heterocycles. The van der Waals surface area contributed by atoms with Crippen molar-refractivity contribution in [2.45, 2.75) is 33.2 Å². The van der Waals surface area contributed by atoms with Crippen LogP contribution in [0, 0.1) is 0 Å². The number of carbonyl (C=O) groups is 1. The van der Waals surface area contributed by atoms with Gasteiger partial charge >= 0.3 is 0 Å². The van der Waals surface area contributed by atoms with Crippen LogP contribution in [0.4, 0.5) is 11.6 Å². The highest BCUT2D eigenvalue weighted by Crippen LogP contribution is 2.28. The summed E-state index contributed by atoms with van der Waals surface area (Å²) in [5.74, 6) is 1.40. The smallest absolute Gasteiger partial charge is 0.239 e. The van der Waals surface area contributed by atoms with Gasteiger partial charge in [0, 0.05) is 19.6 Å². The minimum atomic E-state index is -0.0314. The molecule has 1 aromatic rings. The third-order valence-corrected chi connectivity index (χ3v) is 3.24. The number of anilines is 2. The van der Waals surface area contributed by atoms with Crippen LogP contribution in [0.3, 0.4) is 0 Å². The molecule has 7 heteroatoms. The first-order valence-corrected chi connectivity index (χ1v) is 7.49. The first-order chi connectivity index (χ1) is 9.45. The van der Waals surface area contributed by atoms with E-state index in [4.69, 9.17) is 0 Å². The Morgan fingerprint density at radius 2 is 2.15 bits per heavy atom. The Bertz CT molecular complexity index is 452. The fourth-order valence-electron chi connectivity index (χ4n) is 1.65. The lowest BCUT2D eigenvalue weighted by Crippen LogP contribution is -2.39. The number of nitrogens with zero attached hydrogens (tertiary/aromatic N) is 3. The summed E-state index contributed by atoms with van der Waals surface area (Å²) in [4.78, 5) is 22.0. The summed E-state index contributed by atoms with van der Waals surface area (Å²) < 4.78 is 0.772. The molecule has 0 radical (unpaired) electrons. The third-order valence-electron chi connectivity index (χ3n) is 2.51. The number of nitrogens with one attached hydrogen (secondary N) is 2. The van der Waals surface area contributed by atoms with Gasteiger partial charge in [-0.1, -0.05) is 6.92 Å². The van der Waals surface area contributed by atoms with E-state index in [0.29, 0.717) is 5.82 Å². The summed E-state index contributed by atoms with van der Waals surface area (Å²) in [5.41, 5.74) is 0. The molecule has 0 atom stereocenters. The van der Waals surface area contributed by atoms with Crippen LogP contribution >= 0.6 is 15.9 Å². The van der Waals surface area contributed by atoms with E-state index in [2.05, 4.69) is 43.5 Å². The van der Waals surface area contributed by atoms with E-state index in [9.17, 15) is 4.79 Å². The van der Waals surface area contributed by atoms with Crippen molar-refractivity contribution < 1.29 is 4.79 Å². The number of hydrogen-bond donors (Lipinski definition) is 2. The van der Waals surface area contributed by atoms with Crippen molar-refractivity contribution in [3.63, 3.8) is 0 Å². The van der Waals surface area contributed by atoms with Gasteiger partial charge in [0.25, 0.3) is 0 Å². The van der Waals surface area contributed by atoms with Gasteiger partial charge in [-0.2, -0.15) is 0 Å². The highest BCUT2D eigenvalue weighted by Gasteiger charge is 2.15. The zero-order valence-electron chi connectivity index (χ0n) is 12.4. The number of likely N-dealkylation sites (N-methyl/N-ethyl adjacent to an activating group) is 1. The van der Waals surface area contributed by atoms with Crippen molar-refractivity contribution >= 4 is 33.5 Å². The molecule has 1 aromatic heterocycles. The Morgan fingerprint density at radius 1 is 1.45 bits per heavy atom. The minimum absolute atomic E-state index is 0.0314. The van der Waals surface area contributed by atoms with Gasteiger partial charge in [0.15, 0.2) is 0 Å². The zero-order valence-corrected chi connectivity index (χ0v) is 14.0. The van der Waals surface area contributed by atoms with E-state index in [1.807, 2.05) is 20.9 Å². The fourth-order valence-corrected chi connectivity index (χ4v) is 2.30. The fraction of sp³-hybridized carbons (Fsp3) is 0.615. The van der Waals surface area contributed by atoms with Crippen molar-refractivity contribution in [1.82, 2.24) is 15.3 Å². The lowest BCUT2D eigenvalue weighted by atomic mass is 10.3. The molecule has 0 spiro atoms. The molecule has 6 nitrogen and oxygen atoms in total. The summed E-state index contributed by atoms with van der Waals surface area (Å²) in [6, 6.07) is 0.131. The summed E-state index contributed by atoms with van der Waals surface area (Å²) >= 11 is 3.49. The molecule has 1 heterocycles. The lowest BCUT2D eigenvalue weighted by molar-refractivity contribution is -0.120. The average Bonchev–Trinajstić information content (AvgIpc) is 2.36. The first-order valence-electron chi connectivity index (χ1n) is 6.70. The van der Waals surface area contributed by atoms with Crippen LogP contribution in [-0.4, -0.2) is 42.1 Å². The van der Waals surface area contributed by atoms with E-state index < -0.39 is 0 Å². The normalized spacial score (nSPS) is 10.5. The molecule has 0 saturated carbocycles. The number of aromatic nitrogens is 2. The lowest BCUT2D eigenvalue weighted by Gasteiger charge is -2.20. The Balaban J connectivity index is 2.77. The van der Waals surface area contributed by atoms with Crippen molar-refractivity contribution in [2.24, 2.45) is 0 Å². The summed E-state index contributed by atoms with van der Waals surface area (Å²) in [5, 5.41) is 6.08. The second-order valence-corrected chi connectivity index (χ2v) is 5.66. The Hall–Kier alpha value is -1.37. The predicted molar refractivity (Wildman–Crippen MR) is 85.1 cm³/mol. The van der Waals surface area contributed by atoms with Crippen LogP contribution in [0.25, 0.3) is 0 Å². The Labute approximate surface area is 128 Å². The van der Waals surface area contributed by atoms with E-state index in [0.717, 1.165) is 23.3 Å². The van der Waals surface area contributed by atoms with Crippen molar-refractivity contribution in [2.75, 3.05) is 30.4 Å². The number of rotatable bonds is 7. The van der Waals surface area contributed by atoms with E-state index in [1.165, 1.54) is 6.33 Å². The predicted octanol–water partition coefficient (Wildman–Crippen LogP) is 2.02. The number of halogens is 1. The molecule has 2 N–H and O–H groups in total. The van der Waals surface area contributed by atoms with Crippen LogP contribution in [0.1, 0.15) is 27.2 Å². The maximum atomic E-state index is 11.8. The quantitative estimate of drug-likeness (QED) is 0.792. The van der Waals surface area contributed by atoms with E-state index in [1.54, 1.807) is 4.90 Å². The minimum Gasteiger partial charge on any atom is -0.369 e. The second-order valence-electron chi connectivity index (χ2n) is 4.86. The van der Waals surface area contributed by atoms with Gasteiger partial charge < -0.3 is 15.5 Å². The van der Waals surface area contributed by atoms with Gasteiger partial charge in [0.1, 0.15) is 22.4 Å². The molecule has 112 valence electrons. The second kappa shape index (κ2) is 8.04. The monoisotopic (exact) mass is 343 g/mol. The molecule has 0 aliphatic rings. The molecule has 0 aromatic carbocycles. The molecule has 0 aliphatic carbocycles. The summed E-state index contributed by atoms with van der Waals surface area (Å²) in [6.45, 7) is 7.05. The van der Waals surface area contributed by atoms with Crippen LogP contribution in [0.2, 0.25) is 0 Å². The van der Waals surface area contributed by atoms with Crippen LogP contribution in [0.15, 0.2) is 10.8 Å². The molecular formula is C13H22BrN5O. The molecule has 0 bridgehead atoms. The molecule has 1 rings (SSSR count). The van der Waals surface area contributed by atoms with Gasteiger partial charge in [0.05, 0.1) is 6.54 Å². The zero-order chi connectivity index (χ0) is 15.1. The largest absolute Gasteiger partial charge is 0.369 e. The van der Waals surface area contributed by atoms with Gasteiger partial charge in [-0.05, 0) is 36.2 Å². The van der Waals surface area contributed by atoms with Crippen LogP contribution < -0.4 is 15.5 Å². The SMILES string of the molecule is CCCNc1ncnc(N(C)CC(=O)NC(C)C)c1Br. The standard InChI is InChI=1S/C13H22BrN5O/c1-5-6-15-12-11(14)13(17-8-16-12)19(4)7-10(20)18-9(2)3/h8-9H,5-7H2,1-4H3,(H,18,20)(H,15,16,17). The first kappa shape index (κ1) is 16.7. The average molecular weight is 344 g/mol. The number of carbonyl (C=O) groups excluding carboxylic acids is 1. The van der Waals surface area contributed by atoms with Gasteiger partial charge in [-0.25, -0.2) is 9.97 Å². The highest BCUT2D eigenvalue weighted by molar-refractivity contribution is 9.10. The molecule has 0 fully saturated rings. The Morgan fingerprint density at radius 3 is 2.75 bits per heavy atom. The molecule has 0 aliphatic heterocycles. The van der Waals surface area contributed by atoms with Crippen molar-refractivity contribution in [1.29, 1.82) is 0 Å². The maximum absolute atomic E-state index is 11.8. The number of hydrogen-bond acceptors (Lipinski definition) is 5. The van der Waals surface area contributed by atoms with Crippen LogP contribution in [0.5, 0.6) is 0 Å². The van der Waals surface area contributed by atoms with E-state index in [-0.39, 0.29) is 18.5 Å². The topological polar surface area (TPSA) is 70.2 Å². The van der Waals surface area contributed by atoms with Gasteiger partial charge in [0.2, 0.25) is 5.91 Å². The Kier molecular flexibility index (Phi) is 6.70. The number of amides is 1. The third kappa shape index (κ3) is 4.96.